The molecule has 0 saturated carbocycles. The zero-order valence-corrected chi connectivity index (χ0v) is 13.6. The van der Waals surface area contributed by atoms with Crippen LogP contribution >= 0.6 is 11.6 Å². The van der Waals surface area contributed by atoms with E-state index in [0.717, 1.165) is 0 Å². The number of halogens is 1. The first-order valence-electron chi connectivity index (χ1n) is 7.15. The number of carboxylic acids is 1. The molecule has 25 heavy (non-hydrogen) atoms. The van der Waals surface area contributed by atoms with Gasteiger partial charge in [0.05, 0.1) is 6.42 Å². The van der Waals surface area contributed by atoms with Gasteiger partial charge in [-0.25, -0.2) is 9.78 Å². The number of aliphatic carboxylic acids is 1. The summed E-state index contributed by atoms with van der Waals surface area (Å²) in [5.74, 6) is 0.284. The number of aromatic nitrogens is 3. The molecule has 0 spiro atoms. The van der Waals surface area contributed by atoms with Crippen molar-refractivity contribution in [2.75, 3.05) is 0 Å². The van der Waals surface area contributed by atoms with Crippen molar-refractivity contribution in [3.8, 4) is 23.0 Å². The van der Waals surface area contributed by atoms with Gasteiger partial charge in [-0.1, -0.05) is 23.3 Å². The molecule has 0 saturated heterocycles. The van der Waals surface area contributed by atoms with Gasteiger partial charge >= 0.3 is 5.97 Å². The Labute approximate surface area is 147 Å². The highest BCUT2D eigenvalue weighted by atomic mass is 35.5. The van der Waals surface area contributed by atoms with Gasteiger partial charge in [0.1, 0.15) is 10.8 Å². The van der Waals surface area contributed by atoms with Gasteiger partial charge in [0.2, 0.25) is 17.6 Å². The average Bonchev–Trinajstić information content (AvgIpc) is 3.06. The second-order valence-electron chi connectivity index (χ2n) is 5.01. The van der Waals surface area contributed by atoms with Crippen LogP contribution in [0.4, 0.5) is 0 Å². The molecule has 0 amide bonds. The fraction of sp³-hybridized carbons (Fsp3) is 0.0588. The van der Waals surface area contributed by atoms with Crippen LogP contribution in [0.5, 0.6) is 11.6 Å². The topological polar surface area (TPSA) is 98.3 Å². The smallest absolute Gasteiger partial charge is 0.331 e. The highest BCUT2D eigenvalue weighted by Gasteiger charge is 2.13. The Kier molecular flexibility index (Phi) is 4.76. The molecule has 126 valence electrons. The predicted octanol–water partition coefficient (Wildman–Crippen LogP) is 3.76. The number of rotatable bonds is 6. The first-order chi connectivity index (χ1) is 12.0. The van der Waals surface area contributed by atoms with Gasteiger partial charge in [0.15, 0.2) is 0 Å². The SMILES string of the molecule is C=C(Cc1nc(-c2ccc(Oc3ncccc3Cl)cc2)no1)C(=O)O. The van der Waals surface area contributed by atoms with E-state index in [1.807, 2.05) is 0 Å². The summed E-state index contributed by atoms with van der Waals surface area (Å²) in [7, 11) is 0. The molecule has 0 fully saturated rings. The quantitative estimate of drug-likeness (QED) is 0.670. The Balaban J connectivity index is 1.72. The molecule has 0 atom stereocenters. The molecule has 0 aliphatic rings. The number of ether oxygens (including phenoxy) is 1. The summed E-state index contributed by atoms with van der Waals surface area (Å²) in [5.41, 5.74) is 0.668. The molecule has 3 aromatic rings. The molecule has 0 unspecified atom stereocenters. The fourth-order valence-electron chi connectivity index (χ4n) is 1.93. The highest BCUT2D eigenvalue weighted by molar-refractivity contribution is 6.31. The van der Waals surface area contributed by atoms with E-state index in [4.69, 9.17) is 26.0 Å². The van der Waals surface area contributed by atoms with E-state index in [-0.39, 0.29) is 17.9 Å². The molecule has 3 rings (SSSR count). The van der Waals surface area contributed by atoms with Gasteiger partial charge in [-0.05, 0) is 36.4 Å². The number of nitrogens with zero attached hydrogens (tertiary/aromatic N) is 3. The molecular formula is C17H12ClN3O4. The third kappa shape index (κ3) is 4.02. The van der Waals surface area contributed by atoms with Crippen molar-refractivity contribution in [3.63, 3.8) is 0 Å². The van der Waals surface area contributed by atoms with Crippen LogP contribution in [-0.2, 0) is 11.2 Å². The summed E-state index contributed by atoms with van der Waals surface area (Å²) >= 11 is 6.00. The van der Waals surface area contributed by atoms with Gasteiger partial charge in [-0.15, -0.1) is 0 Å². The molecule has 1 N–H and O–H groups in total. The lowest BCUT2D eigenvalue weighted by atomic mass is 10.2. The molecule has 1 aromatic carbocycles. The van der Waals surface area contributed by atoms with Crippen molar-refractivity contribution < 1.29 is 19.2 Å². The number of carboxylic acid groups (broad SMARTS) is 1. The maximum atomic E-state index is 10.8. The largest absolute Gasteiger partial charge is 0.478 e. The summed E-state index contributed by atoms with van der Waals surface area (Å²) in [5, 5.41) is 13.1. The molecule has 0 aliphatic carbocycles. The number of carbonyl (C=O) groups is 1. The van der Waals surface area contributed by atoms with Crippen LogP contribution in [0.3, 0.4) is 0 Å². The maximum Gasteiger partial charge on any atom is 0.331 e. The van der Waals surface area contributed by atoms with Crippen LogP contribution in [-0.4, -0.2) is 26.2 Å². The van der Waals surface area contributed by atoms with Gasteiger partial charge < -0.3 is 14.4 Å². The normalized spacial score (nSPS) is 10.4. The lowest BCUT2D eigenvalue weighted by Crippen LogP contribution is -2.02. The molecule has 2 aromatic heterocycles. The second kappa shape index (κ2) is 7.14. The van der Waals surface area contributed by atoms with Crippen molar-refractivity contribution in [3.05, 3.63) is 65.7 Å². The monoisotopic (exact) mass is 357 g/mol. The van der Waals surface area contributed by atoms with Crippen LogP contribution in [0.25, 0.3) is 11.4 Å². The summed E-state index contributed by atoms with van der Waals surface area (Å²) in [6, 6.07) is 10.3. The Morgan fingerprint density at radius 3 is 2.72 bits per heavy atom. The van der Waals surface area contributed by atoms with E-state index < -0.39 is 5.97 Å². The van der Waals surface area contributed by atoms with E-state index in [1.54, 1.807) is 42.6 Å². The number of pyridine rings is 1. The van der Waals surface area contributed by atoms with Crippen LogP contribution in [0.2, 0.25) is 5.02 Å². The highest BCUT2D eigenvalue weighted by Crippen LogP contribution is 2.28. The minimum Gasteiger partial charge on any atom is -0.478 e. The van der Waals surface area contributed by atoms with Crippen molar-refractivity contribution in [2.24, 2.45) is 0 Å². The lowest BCUT2D eigenvalue weighted by molar-refractivity contribution is -0.132. The van der Waals surface area contributed by atoms with E-state index in [2.05, 4.69) is 21.7 Å². The van der Waals surface area contributed by atoms with Gasteiger partial charge in [-0.3, -0.25) is 0 Å². The standard InChI is InChI=1S/C17H12ClN3O4/c1-10(17(22)23)9-14-20-15(21-25-14)11-4-6-12(7-5-11)24-16-13(18)3-2-8-19-16/h2-8H,1,9H2,(H,22,23). The van der Waals surface area contributed by atoms with Gasteiger partial charge in [0, 0.05) is 17.3 Å². The van der Waals surface area contributed by atoms with E-state index in [0.29, 0.717) is 28.0 Å². The summed E-state index contributed by atoms with van der Waals surface area (Å²) in [6.07, 6.45) is 1.57. The van der Waals surface area contributed by atoms with E-state index in [1.165, 1.54) is 0 Å². The average molecular weight is 358 g/mol. The second-order valence-corrected chi connectivity index (χ2v) is 5.42. The molecular weight excluding hydrogens is 346 g/mol. The number of hydrogen-bond acceptors (Lipinski definition) is 6. The summed E-state index contributed by atoms with van der Waals surface area (Å²) < 4.78 is 10.6. The van der Waals surface area contributed by atoms with E-state index >= 15 is 0 Å². The number of benzene rings is 1. The Hall–Kier alpha value is -3.19. The maximum absolute atomic E-state index is 10.8. The molecule has 0 radical (unpaired) electrons. The van der Waals surface area contributed by atoms with Crippen LogP contribution < -0.4 is 4.74 Å². The first kappa shape index (κ1) is 16.7. The Bertz CT molecular complexity index is 922. The fourth-order valence-corrected chi connectivity index (χ4v) is 2.09. The minimum absolute atomic E-state index is 0.0122. The van der Waals surface area contributed by atoms with Crippen molar-refractivity contribution in [1.82, 2.24) is 15.1 Å². The summed E-state index contributed by atoms with van der Waals surface area (Å²) in [4.78, 5) is 19.0. The molecule has 8 heteroatoms. The van der Waals surface area contributed by atoms with Gasteiger partial charge in [0.25, 0.3) is 0 Å². The number of hydrogen-bond donors (Lipinski definition) is 1. The van der Waals surface area contributed by atoms with Crippen molar-refractivity contribution >= 4 is 17.6 Å². The lowest BCUT2D eigenvalue weighted by Gasteiger charge is -2.06. The molecule has 2 heterocycles. The van der Waals surface area contributed by atoms with Crippen LogP contribution in [0.15, 0.2) is 59.3 Å². The zero-order valence-electron chi connectivity index (χ0n) is 12.8. The van der Waals surface area contributed by atoms with Crippen molar-refractivity contribution in [2.45, 2.75) is 6.42 Å². The van der Waals surface area contributed by atoms with Crippen molar-refractivity contribution in [1.29, 1.82) is 0 Å². The predicted molar refractivity (Wildman–Crippen MR) is 89.5 cm³/mol. The molecule has 0 aliphatic heterocycles. The Morgan fingerprint density at radius 2 is 2.04 bits per heavy atom. The zero-order chi connectivity index (χ0) is 17.8. The molecule has 7 nitrogen and oxygen atoms in total. The summed E-state index contributed by atoms with van der Waals surface area (Å²) in [6.45, 7) is 3.43. The first-order valence-corrected chi connectivity index (χ1v) is 7.53. The van der Waals surface area contributed by atoms with Crippen LogP contribution in [0.1, 0.15) is 5.89 Å². The molecule has 0 bridgehead atoms. The minimum atomic E-state index is -1.10. The van der Waals surface area contributed by atoms with E-state index in [9.17, 15) is 4.79 Å². The van der Waals surface area contributed by atoms with Crippen LogP contribution in [0, 0.1) is 0 Å². The third-order valence-electron chi connectivity index (χ3n) is 3.19. The third-order valence-corrected chi connectivity index (χ3v) is 3.47. The van der Waals surface area contributed by atoms with Gasteiger partial charge in [-0.2, -0.15) is 4.98 Å². The Morgan fingerprint density at radius 1 is 1.28 bits per heavy atom.